The molecule has 3 aliphatic rings. The van der Waals surface area contributed by atoms with Crippen LogP contribution in [0.25, 0.3) is 0 Å². The van der Waals surface area contributed by atoms with Crippen LogP contribution < -0.4 is 5.32 Å². The van der Waals surface area contributed by atoms with Crippen LogP contribution in [0.1, 0.15) is 37.2 Å². The number of aliphatic imine (C=N–C) groups is 1. The van der Waals surface area contributed by atoms with Crippen LogP contribution in [0.4, 0.5) is 0 Å². The number of fused-ring (bicyclic) bond motifs is 1. The number of amides is 1. The first-order chi connectivity index (χ1) is 14.3. The van der Waals surface area contributed by atoms with E-state index in [2.05, 4.69) is 27.3 Å². The number of benzene rings is 1. The van der Waals surface area contributed by atoms with Crippen LogP contribution >= 0.6 is 24.0 Å². The van der Waals surface area contributed by atoms with Gasteiger partial charge in [0, 0.05) is 39.8 Å². The highest BCUT2D eigenvalue weighted by molar-refractivity contribution is 14.0. The standard InChI is InChI=1S/C23H34N4O2.HI/c1-24-23(27-16-19-9-5-6-10-20(19)17-27)25-15-21(18-7-3-2-4-8-18)22(28)26-11-13-29-14-12-26;/h2-4,7-8,19-21H,5-6,9-17H2,1H3,(H,24,25);1H. The minimum atomic E-state index is -0.212. The molecule has 2 saturated heterocycles. The number of carbonyl (C=O) groups is 1. The van der Waals surface area contributed by atoms with Gasteiger partial charge in [0.05, 0.1) is 19.1 Å². The summed E-state index contributed by atoms with van der Waals surface area (Å²) in [6.07, 6.45) is 5.43. The topological polar surface area (TPSA) is 57.2 Å². The van der Waals surface area contributed by atoms with Gasteiger partial charge in [-0.05, 0) is 30.2 Å². The van der Waals surface area contributed by atoms with E-state index in [-0.39, 0.29) is 35.8 Å². The Morgan fingerprint density at radius 2 is 1.73 bits per heavy atom. The molecule has 1 amide bonds. The van der Waals surface area contributed by atoms with E-state index in [1.807, 2.05) is 30.1 Å². The first-order valence-corrected chi connectivity index (χ1v) is 11.1. The molecule has 4 rings (SSSR count). The SMILES string of the molecule is CN=C(NCC(C(=O)N1CCOCC1)c1ccccc1)N1CC2CCCCC2C1.I. The molecule has 0 bridgehead atoms. The lowest BCUT2D eigenvalue weighted by molar-refractivity contribution is -0.136. The molecule has 0 aromatic heterocycles. The van der Waals surface area contributed by atoms with Crippen molar-refractivity contribution in [2.75, 3.05) is 53.0 Å². The van der Waals surface area contributed by atoms with Gasteiger partial charge in [0.1, 0.15) is 0 Å². The normalized spacial score (nSPS) is 25.3. The molecule has 1 aromatic rings. The zero-order valence-electron chi connectivity index (χ0n) is 18.0. The van der Waals surface area contributed by atoms with Crippen molar-refractivity contribution in [3.8, 4) is 0 Å². The summed E-state index contributed by atoms with van der Waals surface area (Å²) in [6, 6.07) is 10.1. The minimum Gasteiger partial charge on any atom is -0.378 e. The molecule has 2 heterocycles. The minimum absolute atomic E-state index is 0. The summed E-state index contributed by atoms with van der Waals surface area (Å²) in [7, 11) is 1.85. The average molecular weight is 526 g/mol. The van der Waals surface area contributed by atoms with Crippen molar-refractivity contribution < 1.29 is 9.53 Å². The molecule has 3 fully saturated rings. The van der Waals surface area contributed by atoms with Crippen LogP contribution in [0.15, 0.2) is 35.3 Å². The summed E-state index contributed by atoms with van der Waals surface area (Å²) < 4.78 is 5.43. The highest BCUT2D eigenvalue weighted by Crippen LogP contribution is 2.36. The summed E-state index contributed by atoms with van der Waals surface area (Å²) in [5.74, 6) is 2.52. The number of likely N-dealkylation sites (tertiary alicyclic amines) is 1. The maximum atomic E-state index is 13.3. The fraction of sp³-hybridized carbons (Fsp3) is 0.652. The number of nitrogens with one attached hydrogen (secondary N) is 1. The maximum Gasteiger partial charge on any atom is 0.232 e. The van der Waals surface area contributed by atoms with Crippen molar-refractivity contribution >= 4 is 35.8 Å². The summed E-state index contributed by atoms with van der Waals surface area (Å²) >= 11 is 0. The van der Waals surface area contributed by atoms with E-state index < -0.39 is 0 Å². The van der Waals surface area contributed by atoms with E-state index in [9.17, 15) is 4.79 Å². The highest BCUT2D eigenvalue weighted by Gasteiger charge is 2.36. The van der Waals surface area contributed by atoms with Gasteiger partial charge < -0.3 is 19.9 Å². The van der Waals surface area contributed by atoms with E-state index in [1.54, 1.807) is 0 Å². The van der Waals surface area contributed by atoms with Gasteiger partial charge >= 0.3 is 0 Å². The number of guanidine groups is 1. The number of hydrogen-bond donors (Lipinski definition) is 1. The van der Waals surface area contributed by atoms with Gasteiger partial charge in [0.25, 0.3) is 0 Å². The molecule has 3 atom stereocenters. The second-order valence-electron chi connectivity index (χ2n) is 8.54. The first kappa shape index (κ1) is 23.3. The predicted octanol–water partition coefficient (Wildman–Crippen LogP) is 2.94. The number of carbonyl (C=O) groups excluding carboxylic acids is 1. The summed E-state index contributed by atoms with van der Waals surface area (Å²) in [4.78, 5) is 22.2. The Morgan fingerprint density at radius 3 is 2.33 bits per heavy atom. The molecule has 6 nitrogen and oxygen atoms in total. The van der Waals surface area contributed by atoms with Gasteiger partial charge in [-0.1, -0.05) is 43.2 Å². The molecule has 30 heavy (non-hydrogen) atoms. The van der Waals surface area contributed by atoms with Crippen LogP contribution in [0.3, 0.4) is 0 Å². The van der Waals surface area contributed by atoms with Crippen molar-refractivity contribution in [3.05, 3.63) is 35.9 Å². The predicted molar refractivity (Wildman–Crippen MR) is 130 cm³/mol. The molecular formula is C23H35IN4O2. The molecule has 166 valence electrons. The Bertz CT molecular complexity index is 694. The van der Waals surface area contributed by atoms with Gasteiger partial charge in [0.15, 0.2) is 5.96 Å². The number of halogens is 1. The Labute approximate surface area is 197 Å². The zero-order valence-corrected chi connectivity index (χ0v) is 20.3. The third-order valence-electron chi connectivity index (χ3n) is 6.77. The van der Waals surface area contributed by atoms with Gasteiger partial charge in [0.2, 0.25) is 5.91 Å². The van der Waals surface area contributed by atoms with Gasteiger partial charge in [-0.25, -0.2) is 0 Å². The first-order valence-electron chi connectivity index (χ1n) is 11.1. The molecule has 1 N–H and O–H groups in total. The highest BCUT2D eigenvalue weighted by atomic mass is 127. The molecular weight excluding hydrogens is 491 g/mol. The molecule has 1 aromatic carbocycles. The summed E-state index contributed by atoms with van der Waals surface area (Å²) in [5, 5.41) is 3.54. The van der Waals surface area contributed by atoms with E-state index in [0.29, 0.717) is 32.8 Å². The molecule has 0 spiro atoms. The van der Waals surface area contributed by atoms with Crippen molar-refractivity contribution in [2.24, 2.45) is 16.8 Å². The maximum absolute atomic E-state index is 13.3. The summed E-state index contributed by atoms with van der Waals surface area (Å²) in [5.41, 5.74) is 1.06. The smallest absolute Gasteiger partial charge is 0.232 e. The van der Waals surface area contributed by atoms with Crippen LogP contribution in [0.5, 0.6) is 0 Å². The van der Waals surface area contributed by atoms with Crippen molar-refractivity contribution in [1.82, 2.24) is 15.1 Å². The lowest BCUT2D eigenvalue weighted by Crippen LogP contribution is -2.47. The lowest BCUT2D eigenvalue weighted by atomic mass is 9.82. The second kappa shape index (κ2) is 11.3. The number of hydrogen-bond acceptors (Lipinski definition) is 3. The number of rotatable bonds is 4. The Hall–Kier alpha value is -1.35. The molecule has 3 unspecified atom stereocenters. The number of ether oxygens (including phenoxy) is 1. The van der Waals surface area contributed by atoms with Gasteiger partial charge in [-0.15, -0.1) is 24.0 Å². The molecule has 1 aliphatic carbocycles. The van der Waals surface area contributed by atoms with Gasteiger partial charge in [-0.2, -0.15) is 0 Å². The van der Waals surface area contributed by atoms with Crippen LogP contribution in [-0.4, -0.2) is 74.7 Å². The van der Waals surface area contributed by atoms with Crippen LogP contribution in [0, 0.1) is 11.8 Å². The number of morpholine rings is 1. The fourth-order valence-electron chi connectivity index (χ4n) is 5.14. The Morgan fingerprint density at radius 1 is 1.10 bits per heavy atom. The molecule has 2 aliphatic heterocycles. The van der Waals surface area contributed by atoms with E-state index in [4.69, 9.17) is 4.74 Å². The number of nitrogens with zero attached hydrogens (tertiary/aromatic N) is 3. The van der Waals surface area contributed by atoms with Gasteiger partial charge in [-0.3, -0.25) is 9.79 Å². The van der Waals surface area contributed by atoms with E-state index >= 15 is 0 Å². The van der Waals surface area contributed by atoms with Crippen molar-refractivity contribution in [2.45, 2.75) is 31.6 Å². The van der Waals surface area contributed by atoms with E-state index in [1.165, 1.54) is 25.7 Å². The Kier molecular flexibility index (Phi) is 8.80. The quantitative estimate of drug-likeness (QED) is 0.373. The second-order valence-corrected chi connectivity index (χ2v) is 8.54. The zero-order chi connectivity index (χ0) is 20.1. The third-order valence-corrected chi connectivity index (χ3v) is 6.77. The van der Waals surface area contributed by atoms with E-state index in [0.717, 1.165) is 36.4 Å². The molecule has 0 radical (unpaired) electrons. The van der Waals surface area contributed by atoms with Crippen LogP contribution in [-0.2, 0) is 9.53 Å². The molecule has 7 heteroatoms. The third kappa shape index (κ3) is 5.46. The summed E-state index contributed by atoms with van der Waals surface area (Å²) in [6.45, 7) is 5.35. The Balaban J connectivity index is 0.00000256. The largest absolute Gasteiger partial charge is 0.378 e. The van der Waals surface area contributed by atoms with Crippen molar-refractivity contribution in [1.29, 1.82) is 0 Å². The van der Waals surface area contributed by atoms with Crippen molar-refractivity contribution in [3.63, 3.8) is 0 Å². The fourth-order valence-corrected chi connectivity index (χ4v) is 5.14. The monoisotopic (exact) mass is 526 g/mol. The molecule has 1 saturated carbocycles. The lowest BCUT2D eigenvalue weighted by Gasteiger charge is -2.31. The van der Waals surface area contributed by atoms with Crippen LogP contribution in [0.2, 0.25) is 0 Å². The average Bonchev–Trinajstić information content (AvgIpc) is 3.21.